The van der Waals surface area contributed by atoms with Crippen molar-refractivity contribution >= 4 is 11.8 Å². The van der Waals surface area contributed by atoms with E-state index in [4.69, 9.17) is 4.74 Å². The van der Waals surface area contributed by atoms with Crippen molar-refractivity contribution in [2.24, 2.45) is 0 Å². The molecule has 1 aliphatic heterocycles. The zero-order chi connectivity index (χ0) is 21.3. The summed E-state index contributed by atoms with van der Waals surface area (Å²) in [7, 11) is 0. The molecular formula is C24H29FN2O3. The first-order chi connectivity index (χ1) is 14.6. The van der Waals surface area contributed by atoms with Crippen molar-refractivity contribution in [3.05, 3.63) is 71.5 Å². The van der Waals surface area contributed by atoms with Gasteiger partial charge in [-0.15, -0.1) is 0 Å². The van der Waals surface area contributed by atoms with Crippen LogP contribution in [0.1, 0.15) is 49.8 Å². The fourth-order valence-electron chi connectivity index (χ4n) is 3.69. The van der Waals surface area contributed by atoms with Gasteiger partial charge in [-0.1, -0.05) is 49.4 Å². The fraction of sp³-hybridized carbons (Fsp3) is 0.417. The third-order valence-electron chi connectivity index (χ3n) is 5.25. The van der Waals surface area contributed by atoms with Gasteiger partial charge in [-0.2, -0.15) is 0 Å². The minimum Gasteiger partial charge on any atom is -0.376 e. The van der Waals surface area contributed by atoms with E-state index in [1.807, 2.05) is 37.3 Å². The van der Waals surface area contributed by atoms with Crippen LogP contribution in [0.4, 0.5) is 4.39 Å². The zero-order valence-corrected chi connectivity index (χ0v) is 17.4. The summed E-state index contributed by atoms with van der Waals surface area (Å²) >= 11 is 0. The molecule has 1 N–H and O–H groups in total. The number of carbonyl (C=O) groups excluding carboxylic acids is 2. The first kappa shape index (κ1) is 22.0. The third-order valence-corrected chi connectivity index (χ3v) is 5.25. The van der Waals surface area contributed by atoms with Gasteiger partial charge in [-0.25, -0.2) is 4.39 Å². The first-order valence-electron chi connectivity index (χ1n) is 10.6. The van der Waals surface area contributed by atoms with Gasteiger partial charge < -0.3 is 15.0 Å². The van der Waals surface area contributed by atoms with Gasteiger partial charge in [-0.05, 0) is 42.5 Å². The van der Waals surface area contributed by atoms with E-state index in [1.165, 1.54) is 12.1 Å². The van der Waals surface area contributed by atoms with Crippen LogP contribution in [0.2, 0.25) is 0 Å². The number of halogens is 1. The van der Waals surface area contributed by atoms with E-state index in [0.29, 0.717) is 26.0 Å². The summed E-state index contributed by atoms with van der Waals surface area (Å²) in [5.74, 6) is -0.676. The lowest BCUT2D eigenvalue weighted by molar-refractivity contribution is -0.141. The quantitative estimate of drug-likeness (QED) is 0.678. The lowest BCUT2D eigenvalue weighted by atomic mass is 10.0. The van der Waals surface area contributed by atoms with E-state index in [-0.39, 0.29) is 30.3 Å². The zero-order valence-electron chi connectivity index (χ0n) is 17.4. The van der Waals surface area contributed by atoms with Gasteiger partial charge in [0.15, 0.2) is 0 Å². The van der Waals surface area contributed by atoms with Gasteiger partial charge in [0.25, 0.3) is 0 Å². The molecule has 0 bridgehead atoms. The number of rotatable bonds is 9. The Balaban J connectivity index is 1.87. The molecule has 2 aromatic carbocycles. The number of amides is 2. The second kappa shape index (κ2) is 10.9. The minimum atomic E-state index is -0.767. The van der Waals surface area contributed by atoms with Crippen molar-refractivity contribution in [3.8, 4) is 0 Å². The number of ether oxygens (including phenoxy) is 1. The topological polar surface area (TPSA) is 58.6 Å². The lowest BCUT2D eigenvalue weighted by Gasteiger charge is -2.32. The molecule has 0 radical (unpaired) electrons. The highest BCUT2D eigenvalue weighted by atomic mass is 19.1. The van der Waals surface area contributed by atoms with Crippen LogP contribution < -0.4 is 5.32 Å². The molecule has 3 rings (SSSR count). The van der Waals surface area contributed by atoms with E-state index < -0.39 is 6.04 Å². The Morgan fingerprint density at radius 1 is 1.17 bits per heavy atom. The molecule has 30 heavy (non-hydrogen) atoms. The second-order valence-corrected chi connectivity index (χ2v) is 7.59. The fourth-order valence-corrected chi connectivity index (χ4v) is 3.69. The molecule has 1 aliphatic rings. The van der Waals surface area contributed by atoms with Gasteiger partial charge >= 0.3 is 0 Å². The molecule has 6 heteroatoms. The SMILES string of the molecule is CCCC(=O)N(Cc1ccc(F)cc1)C(C(=O)NCC1CCCO1)c1ccccc1. The van der Waals surface area contributed by atoms with Crippen molar-refractivity contribution in [2.75, 3.05) is 13.2 Å². The Hall–Kier alpha value is -2.73. The highest BCUT2D eigenvalue weighted by molar-refractivity contribution is 5.88. The molecule has 2 amide bonds. The van der Waals surface area contributed by atoms with Crippen LogP contribution in [0, 0.1) is 5.82 Å². The van der Waals surface area contributed by atoms with Crippen molar-refractivity contribution < 1.29 is 18.7 Å². The standard InChI is InChI=1S/C24H29FN2O3/c1-2-7-22(28)27(17-18-11-13-20(25)14-12-18)23(19-8-4-3-5-9-19)24(29)26-16-21-10-6-15-30-21/h3-5,8-9,11-14,21,23H,2,6-7,10,15-17H2,1H3,(H,26,29). The normalized spacial score (nSPS) is 16.8. The first-order valence-corrected chi connectivity index (χ1v) is 10.6. The summed E-state index contributed by atoms with van der Waals surface area (Å²) in [5.41, 5.74) is 1.52. The maximum absolute atomic E-state index is 13.3. The van der Waals surface area contributed by atoms with Crippen LogP contribution in [0.25, 0.3) is 0 Å². The summed E-state index contributed by atoms with van der Waals surface area (Å²) in [6.45, 7) is 3.30. The molecule has 0 saturated carbocycles. The number of hydrogen-bond acceptors (Lipinski definition) is 3. The Bertz CT molecular complexity index is 820. The summed E-state index contributed by atoms with van der Waals surface area (Å²) in [4.78, 5) is 27.9. The molecule has 5 nitrogen and oxygen atoms in total. The predicted octanol–water partition coefficient (Wildman–Crippen LogP) is 3.99. The van der Waals surface area contributed by atoms with Gasteiger partial charge in [0, 0.05) is 26.1 Å². The Morgan fingerprint density at radius 2 is 1.90 bits per heavy atom. The van der Waals surface area contributed by atoms with Crippen LogP contribution in [0.5, 0.6) is 0 Å². The second-order valence-electron chi connectivity index (χ2n) is 7.59. The molecule has 1 heterocycles. The molecule has 0 aliphatic carbocycles. The van der Waals surface area contributed by atoms with E-state index in [1.54, 1.807) is 17.0 Å². The molecule has 2 atom stereocenters. The van der Waals surface area contributed by atoms with E-state index in [9.17, 15) is 14.0 Å². The molecule has 2 aromatic rings. The van der Waals surface area contributed by atoms with Crippen LogP contribution >= 0.6 is 0 Å². The smallest absolute Gasteiger partial charge is 0.247 e. The summed E-state index contributed by atoms with van der Waals surface area (Å²) in [6, 6.07) is 14.6. The van der Waals surface area contributed by atoms with Gasteiger partial charge in [0.05, 0.1) is 6.10 Å². The van der Waals surface area contributed by atoms with Crippen LogP contribution in [-0.2, 0) is 20.9 Å². The highest BCUT2D eigenvalue weighted by Gasteiger charge is 2.31. The average Bonchev–Trinajstić information content (AvgIpc) is 3.28. The van der Waals surface area contributed by atoms with Crippen molar-refractivity contribution in [2.45, 2.75) is 51.3 Å². The molecular weight excluding hydrogens is 383 g/mol. The van der Waals surface area contributed by atoms with Crippen molar-refractivity contribution in [1.82, 2.24) is 10.2 Å². The van der Waals surface area contributed by atoms with E-state index in [2.05, 4.69) is 5.32 Å². The highest BCUT2D eigenvalue weighted by Crippen LogP contribution is 2.25. The van der Waals surface area contributed by atoms with Crippen LogP contribution in [-0.4, -0.2) is 36.0 Å². The van der Waals surface area contributed by atoms with E-state index >= 15 is 0 Å². The number of benzene rings is 2. The van der Waals surface area contributed by atoms with Crippen molar-refractivity contribution in [1.29, 1.82) is 0 Å². The Kier molecular flexibility index (Phi) is 7.97. The predicted molar refractivity (Wildman–Crippen MR) is 113 cm³/mol. The molecule has 160 valence electrons. The molecule has 0 aromatic heterocycles. The molecule has 0 spiro atoms. The molecule has 1 fully saturated rings. The Morgan fingerprint density at radius 3 is 2.53 bits per heavy atom. The van der Waals surface area contributed by atoms with Crippen LogP contribution in [0.3, 0.4) is 0 Å². The largest absolute Gasteiger partial charge is 0.376 e. The van der Waals surface area contributed by atoms with Gasteiger partial charge in [0.1, 0.15) is 11.9 Å². The maximum Gasteiger partial charge on any atom is 0.247 e. The van der Waals surface area contributed by atoms with E-state index in [0.717, 1.165) is 24.0 Å². The average molecular weight is 413 g/mol. The molecule has 2 unspecified atom stereocenters. The number of nitrogens with one attached hydrogen (secondary N) is 1. The van der Waals surface area contributed by atoms with Gasteiger partial charge in [-0.3, -0.25) is 9.59 Å². The number of nitrogens with zero attached hydrogens (tertiary/aromatic N) is 1. The Labute approximate surface area is 177 Å². The summed E-state index contributed by atoms with van der Waals surface area (Å²) in [6.07, 6.45) is 2.95. The lowest BCUT2D eigenvalue weighted by Crippen LogP contribution is -2.45. The van der Waals surface area contributed by atoms with Crippen LogP contribution in [0.15, 0.2) is 54.6 Å². The molecule has 1 saturated heterocycles. The number of carbonyl (C=O) groups is 2. The summed E-state index contributed by atoms with van der Waals surface area (Å²) < 4.78 is 19.0. The summed E-state index contributed by atoms with van der Waals surface area (Å²) in [5, 5.41) is 2.98. The van der Waals surface area contributed by atoms with Gasteiger partial charge in [0.2, 0.25) is 11.8 Å². The maximum atomic E-state index is 13.3. The third kappa shape index (κ3) is 5.89. The number of hydrogen-bond donors (Lipinski definition) is 1. The minimum absolute atomic E-state index is 0.0160. The van der Waals surface area contributed by atoms with Crippen molar-refractivity contribution in [3.63, 3.8) is 0 Å². The monoisotopic (exact) mass is 412 g/mol.